The summed E-state index contributed by atoms with van der Waals surface area (Å²) in [6.07, 6.45) is 1.56. The Labute approximate surface area is 189 Å². The van der Waals surface area contributed by atoms with Crippen molar-refractivity contribution in [1.82, 2.24) is 9.97 Å². The van der Waals surface area contributed by atoms with E-state index in [9.17, 15) is 19.1 Å². The molecule has 0 fully saturated rings. The van der Waals surface area contributed by atoms with Crippen molar-refractivity contribution in [3.05, 3.63) is 33.2 Å². The van der Waals surface area contributed by atoms with Crippen molar-refractivity contribution in [3.8, 4) is 0 Å². The van der Waals surface area contributed by atoms with Crippen molar-refractivity contribution in [2.24, 2.45) is 5.92 Å². The summed E-state index contributed by atoms with van der Waals surface area (Å²) in [5.41, 5.74) is 7.49. The van der Waals surface area contributed by atoms with Crippen LogP contribution in [0.15, 0.2) is 6.20 Å². The molecule has 2 atom stereocenters. The lowest BCUT2D eigenvalue weighted by Crippen LogP contribution is -2.41. The Balaban J connectivity index is 2.28. The molecule has 2 rings (SSSR count). The minimum atomic E-state index is -5.18. The summed E-state index contributed by atoms with van der Waals surface area (Å²) in [5, 5.41) is 11.5. The quantitative estimate of drug-likeness (QED) is 0.219. The van der Waals surface area contributed by atoms with Crippen LogP contribution in [0, 0.1) is 19.8 Å². The zero-order valence-corrected chi connectivity index (χ0v) is 20.8. The van der Waals surface area contributed by atoms with E-state index in [1.807, 2.05) is 25.3 Å². The summed E-state index contributed by atoms with van der Waals surface area (Å²) in [4.78, 5) is 35.9. The Kier molecular flexibility index (Phi) is 9.08. The highest BCUT2D eigenvalue weighted by Gasteiger charge is 2.33. The SMILES string of the molecule is Cc1ncc(C[n+]2c(C(O)CC(C)C)sc(CCOP(=O)(O)OP(=O)(O)O)c2C)c(N)n1. The van der Waals surface area contributed by atoms with Gasteiger partial charge in [0.05, 0.1) is 17.0 Å². The normalized spacial score (nSPS) is 15.2. The summed E-state index contributed by atoms with van der Waals surface area (Å²) in [7, 11) is -10.1. The van der Waals surface area contributed by atoms with E-state index in [-0.39, 0.29) is 18.9 Å². The first-order chi connectivity index (χ1) is 14.7. The number of hydrogen-bond acceptors (Lipinski definition) is 9. The van der Waals surface area contributed by atoms with Crippen LogP contribution in [0.4, 0.5) is 5.82 Å². The van der Waals surface area contributed by atoms with Crippen LogP contribution in [0.25, 0.3) is 0 Å². The summed E-state index contributed by atoms with van der Waals surface area (Å²) >= 11 is 1.31. The fraction of sp³-hybridized carbons (Fsp3) is 0.588. The van der Waals surface area contributed by atoms with Crippen molar-refractivity contribution >= 4 is 32.8 Å². The van der Waals surface area contributed by atoms with Gasteiger partial charge >= 0.3 is 15.6 Å². The summed E-state index contributed by atoms with van der Waals surface area (Å²) in [6.45, 7) is 7.54. The van der Waals surface area contributed by atoms with E-state index >= 15 is 0 Å². The van der Waals surface area contributed by atoms with E-state index < -0.39 is 21.7 Å². The summed E-state index contributed by atoms with van der Waals surface area (Å²) in [6, 6.07) is 0. The van der Waals surface area contributed by atoms with Crippen LogP contribution in [0.5, 0.6) is 0 Å². The van der Waals surface area contributed by atoms with E-state index in [0.29, 0.717) is 35.2 Å². The molecular formula is C17H29N4O8P2S+. The molecule has 12 nitrogen and oxygen atoms in total. The van der Waals surface area contributed by atoms with E-state index in [4.69, 9.17) is 15.5 Å². The average Bonchev–Trinajstić information content (AvgIpc) is 2.91. The lowest BCUT2D eigenvalue weighted by atomic mass is 10.1. The highest BCUT2D eigenvalue weighted by molar-refractivity contribution is 7.60. The molecule has 0 radical (unpaired) electrons. The van der Waals surface area contributed by atoms with Crippen LogP contribution in [-0.2, 0) is 30.9 Å². The second-order valence-electron chi connectivity index (χ2n) is 7.63. The standard InChI is InChI=1S/C17H28N4O8P2S/c1-10(2)7-14(22)17-21(9-13-8-19-12(4)20-16(13)18)11(3)15(32-17)5-6-28-31(26,27)29-30(23,24)25/h8,10,14,22H,5-7,9H2,1-4H3,(H4-,18,19,20,23,24,25,26,27)/p+1. The molecule has 2 aromatic heterocycles. The number of hydrogen-bond donors (Lipinski definition) is 5. The number of aliphatic hydroxyl groups excluding tert-OH is 1. The number of phosphoric acid groups is 2. The van der Waals surface area contributed by atoms with Crippen LogP contribution < -0.4 is 10.3 Å². The van der Waals surface area contributed by atoms with Gasteiger partial charge in [-0.15, -0.1) is 0 Å². The van der Waals surface area contributed by atoms with E-state index in [1.54, 1.807) is 13.1 Å². The fourth-order valence-electron chi connectivity index (χ4n) is 3.01. The average molecular weight is 511 g/mol. The second-order valence-corrected chi connectivity index (χ2v) is 11.6. The van der Waals surface area contributed by atoms with Gasteiger partial charge in [-0.2, -0.15) is 8.88 Å². The van der Waals surface area contributed by atoms with Crippen molar-refractivity contribution < 1.29 is 42.3 Å². The largest absolute Gasteiger partial charge is 0.481 e. The molecule has 0 aliphatic heterocycles. The van der Waals surface area contributed by atoms with Gasteiger partial charge in [-0.3, -0.25) is 4.52 Å². The lowest BCUT2D eigenvalue weighted by molar-refractivity contribution is -0.700. The molecule has 15 heteroatoms. The first-order valence-electron chi connectivity index (χ1n) is 9.70. The van der Waals surface area contributed by atoms with Crippen LogP contribution >= 0.6 is 27.0 Å². The monoisotopic (exact) mass is 511 g/mol. The lowest BCUT2D eigenvalue weighted by Gasteiger charge is -2.11. The summed E-state index contributed by atoms with van der Waals surface area (Å²) < 4.78 is 32.8. The zero-order chi connectivity index (χ0) is 24.3. The molecule has 0 saturated heterocycles. The number of aryl methyl sites for hydroxylation is 1. The Hall–Kier alpha value is -1.27. The van der Waals surface area contributed by atoms with Gasteiger partial charge in [-0.25, -0.2) is 19.1 Å². The van der Waals surface area contributed by atoms with Crippen molar-refractivity contribution in [2.45, 2.75) is 53.2 Å². The van der Waals surface area contributed by atoms with E-state index in [0.717, 1.165) is 10.6 Å². The van der Waals surface area contributed by atoms with Gasteiger partial charge < -0.3 is 25.5 Å². The number of thiazole rings is 1. The molecule has 0 aliphatic carbocycles. The van der Waals surface area contributed by atoms with E-state index in [1.165, 1.54) is 11.3 Å². The maximum absolute atomic E-state index is 11.7. The number of phosphoric ester groups is 1. The first-order valence-corrected chi connectivity index (χ1v) is 13.5. The highest BCUT2D eigenvalue weighted by Crippen LogP contribution is 2.57. The molecule has 0 aromatic carbocycles. The highest BCUT2D eigenvalue weighted by atomic mass is 32.1. The second kappa shape index (κ2) is 10.8. The van der Waals surface area contributed by atoms with Gasteiger partial charge in [-0.1, -0.05) is 25.2 Å². The van der Waals surface area contributed by atoms with Gasteiger partial charge in [-0.05, 0) is 19.3 Å². The molecule has 0 amide bonds. The van der Waals surface area contributed by atoms with E-state index in [2.05, 4.69) is 18.8 Å². The van der Waals surface area contributed by atoms with Crippen LogP contribution in [0.2, 0.25) is 0 Å². The predicted octanol–water partition coefficient (Wildman–Crippen LogP) is 1.92. The van der Waals surface area contributed by atoms with Crippen molar-refractivity contribution in [1.29, 1.82) is 0 Å². The molecule has 2 aromatic rings. The molecule has 0 saturated carbocycles. The Morgan fingerprint density at radius 1 is 1.25 bits per heavy atom. The van der Waals surface area contributed by atoms with Crippen LogP contribution in [-0.4, -0.2) is 36.4 Å². The third-order valence-electron chi connectivity index (χ3n) is 4.42. The number of anilines is 1. The minimum absolute atomic E-state index is 0.153. The Bertz CT molecular complexity index is 1040. The molecular weight excluding hydrogens is 482 g/mol. The molecule has 0 spiro atoms. The molecule has 180 valence electrons. The first kappa shape index (κ1) is 27.0. The minimum Gasteiger partial charge on any atom is -0.383 e. The number of aliphatic hydroxyl groups is 1. The van der Waals surface area contributed by atoms with Crippen molar-refractivity contribution in [3.63, 3.8) is 0 Å². The molecule has 32 heavy (non-hydrogen) atoms. The Morgan fingerprint density at radius 2 is 1.91 bits per heavy atom. The Morgan fingerprint density at radius 3 is 2.47 bits per heavy atom. The number of rotatable bonds is 11. The number of aromatic nitrogens is 3. The third-order valence-corrected chi connectivity index (χ3v) is 8.05. The maximum Gasteiger partial charge on any atom is 0.481 e. The third kappa shape index (κ3) is 7.95. The van der Waals surface area contributed by atoms with Crippen LogP contribution in [0.1, 0.15) is 53.3 Å². The molecule has 2 heterocycles. The zero-order valence-electron chi connectivity index (χ0n) is 18.2. The summed E-state index contributed by atoms with van der Waals surface area (Å²) in [5.74, 6) is 1.12. The molecule has 2 unspecified atom stereocenters. The smallest absolute Gasteiger partial charge is 0.383 e. The van der Waals surface area contributed by atoms with Gasteiger partial charge in [0.25, 0.3) is 5.01 Å². The molecule has 0 bridgehead atoms. The number of nitrogen functional groups attached to an aromatic ring is 1. The number of nitrogens with zero attached hydrogens (tertiary/aromatic N) is 3. The molecule has 6 N–H and O–H groups in total. The fourth-order valence-corrected chi connectivity index (χ4v) is 5.84. The van der Waals surface area contributed by atoms with Gasteiger partial charge in [0.15, 0.2) is 12.2 Å². The van der Waals surface area contributed by atoms with Gasteiger partial charge in [0.1, 0.15) is 17.7 Å². The van der Waals surface area contributed by atoms with Gasteiger partial charge in [0, 0.05) is 19.5 Å². The van der Waals surface area contributed by atoms with Crippen molar-refractivity contribution in [2.75, 3.05) is 12.3 Å². The predicted molar refractivity (Wildman–Crippen MR) is 117 cm³/mol. The van der Waals surface area contributed by atoms with Gasteiger partial charge in [0.2, 0.25) is 0 Å². The van der Waals surface area contributed by atoms with Crippen LogP contribution in [0.3, 0.4) is 0 Å². The molecule has 0 aliphatic rings. The topological polar surface area (TPSA) is 189 Å². The number of nitrogens with two attached hydrogens (primary N) is 1. The maximum atomic E-state index is 11.7.